The lowest BCUT2D eigenvalue weighted by atomic mass is 9.93. The predicted molar refractivity (Wildman–Crippen MR) is 172 cm³/mol. The number of likely N-dealkylation sites (tertiary alicyclic amines) is 1. The molecule has 0 bridgehead atoms. The van der Waals surface area contributed by atoms with Crippen LogP contribution in [0.15, 0.2) is 73.6 Å². The molecule has 0 radical (unpaired) electrons. The third-order valence-electron chi connectivity index (χ3n) is 6.98. The number of nitrogens with one attached hydrogen (secondary N) is 4. The second-order valence-electron chi connectivity index (χ2n) is 11.6. The largest absolute Gasteiger partial charge is 0.444 e. The van der Waals surface area contributed by atoms with Gasteiger partial charge >= 0.3 is 6.09 Å². The number of rotatable bonds is 7. The van der Waals surface area contributed by atoms with Crippen molar-refractivity contribution in [2.24, 2.45) is 5.92 Å². The second-order valence-corrected chi connectivity index (χ2v) is 12.0. The molecule has 2 aromatic carbocycles. The Morgan fingerprint density at radius 1 is 1.09 bits per heavy atom. The van der Waals surface area contributed by atoms with Gasteiger partial charge in [0, 0.05) is 53.2 Å². The zero-order chi connectivity index (χ0) is 31.4. The number of nitrogens with zero attached hydrogens (tertiary/aromatic N) is 3. The first-order chi connectivity index (χ1) is 21.0. The molecule has 1 saturated heterocycles. The minimum atomic E-state index is -0.709. The molecule has 4 aromatic rings. The highest BCUT2D eigenvalue weighted by atomic mass is 35.5. The fourth-order valence-electron chi connectivity index (χ4n) is 5.06. The summed E-state index contributed by atoms with van der Waals surface area (Å²) < 4.78 is 5.64. The van der Waals surface area contributed by atoms with E-state index in [1.165, 1.54) is 17.2 Å². The summed E-state index contributed by atoms with van der Waals surface area (Å²) in [5.41, 5.74) is 2.64. The van der Waals surface area contributed by atoms with Gasteiger partial charge in [-0.1, -0.05) is 42.4 Å². The van der Waals surface area contributed by atoms with Crippen molar-refractivity contribution in [2.45, 2.75) is 38.8 Å². The van der Waals surface area contributed by atoms with Gasteiger partial charge in [-0.25, -0.2) is 14.8 Å². The molecule has 1 unspecified atom stereocenters. The highest BCUT2D eigenvalue weighted by molar-refractivity contribution is 6.33. The summed E-state index contributed by atoms with van der Waals surface area (Å²) >= 11 is 6.53. The first-order valence-electron chi connectivity index (χ1n) is 14.2. The lowest BCUT2D eigenvalue weighted by Crippen LogP contribution is -2.52. The maximum absolute atomic E-state index is 13.5. The minimum Gasteiger partial charge on any atom is -0.444 e. The Morgan fingerprint density at radius 3 is 2.59 bits per heavy atom. The molecular formula is C32H34ClN7O4. The first-order valence-corrected chi connectivity index (χ1v) is 14.5. The van der Waals surface area contributed by atoms with Crippen molar-refractivity contribution in [1.29, 1.82) is 0 Å². The fourth-order valence-corrected chi connectivity index (χ4v) is 5.25. The number of hydrogen-bond acceptors (Lipinski definition) is 7. The number of piperidine rings is 1. The van der Waals surface area contributed by atoms with Crippen molar-refractivity contribution in [3.8, 4) is 11.3 Å². The van der Waals surface area contributed by atoms with E-state index < -0.39 is 17.6 Å². The summed E-state index contributed by atoms with van der Waals surface area (Å²) in [7, 11) is 0. The van der Waals surface area contributed by atoms with Gasteiger partial charge in [0.2, 0.25) is 17.8 Å². The van der Waals surface area contributed by atoms with Gasteiger partial charge in [-0.3, -0.25) is 9.59 Å². The summed E-state index contributed by atoms with van der Waals surface area (Å²) in [6.45, 7) is 9.27. The van der Waals surface area contributed by atoms with Gasteiger partial charge in [-0.05, 0) is 57.5 Å². The fraction of sp³-hybridized carbons (Fsp3) is 0.281. The highest BCUT2D eigenvalue weighted by Crippen LogP contribution is 2.33. The number of anilines is 3. The number of amides is 3. The molecule has 1 aliphatic heterocycles. The van der Waals surface area contributed by atoms with E-state index in [4.69, 9.17) is 21.3 Å². The van der Waals surface area contributed by atoms with Crippen molar-refractivity contribution in [2.75, 3.05) is 29.0 Å². The molecule has 0 spiro atoms. The molecule has 1 aliphatic rings. The Labute approximate surface area is 260 Å². The van der Waals surface area contributed by atoms with E-state index in [1.54, 1.807) is 45.0 Å². The van der Waals surface area contributed by atoms with Gasteiger partial charge in [0.15, 0.2) is 0 Å². The normalized spacial score (nSPS) is 16.7. The number of aromatic amines is 1. The molecule has 3 heterocycles. The monoisotopic (exact) mass is 615 g/mol. The third kappa shape index (κ3) is 7.35. The van der Waals surface area contributed by atoms with Gasteiger partial charge in [0.05, 0.1) is 22.8 Å². The van der Waals surface area contributed by atoms with Gasteiger partial charge in [0.25, 0.3) is 0 Å². The van der Waals surface area contributed by atoms with E-state index in [-0.39, 0.29) is 30.9 Å². The van der Waals surface area contributed by atoms with Crippen LogP contribution in [-0.2, 0) is 14.3 Å². The average Bonchev–Trinajstić information content (AvgIpc) is 3.41. The SMILES string of the molecule is C=CC(=O)Nc1cccc(NC(=O)[C@@H]2CC(Nc3ncc(Cl)c(-c4c[nH]c5ccccc45)n3)CN(C(=O)OC(C)(C)C)C2)c1. The number of hydrogen-bond donors (Lipinski definition) is 4. The minimum absolute atomic E-state index is 0.161. The summed E-state index contributed by atoms with van der Waals surface area (Å²) in [5, 5.41) is 10.3. The van der Waals surface area contributed by atoms with Crippen molar-refractivity contribution in [3.05, 3.63) is 78.6 Å². The molecule has 4 N–H and O–H groups in total. The molecule has 3 amide bonds. The van der Waals surface area contributed by atoms with Crippen LogP contribution in [-0.4, -0.2) is 62.5 Å². The van der Waals surface area contributed by atoms with E-state index in [0.29, 0.717) is 34.5 Å². The van der Waals surface area contributed by atoms with E-state index in [9.17, 15) is 14.4 Å². The number of fused-ring (bicyclic) bond motifs is 1. The molecule has 2 atom stereocenters. The van der Waals surface area contributed by atoms with Crippen molar-refractivity contribution in [3.63, 3.8) is 0 Å². The Hall–Kier alpha value is -4.90. The van der Waals surface area contributed by atoms with Crippen molar-refractivity contribution < 1.29 is 19.1 Å². The van der Waals surface area contributed by atoms with E-state index in [2.05, 4.69) is 32.5 Å². The maximum atomic E-state index is 13.5. The highest BCUT2D eigenvalue weighted by Gasteiger charge is 2.36. The third-order valence-corrected chi connectivity index (χ3v) is 7.25. The Morgan fingerprint density at radius 2 is 1.84 bits per heavy atom. The molecule has 5 rings (SSSR count). The van der Waals surface area contributed by atoms with Crippen LogP contribution < -0.4 is 16.0 Å². The Bertz CT molecular complexity index is 1710. The van der Waals surface area contributed by atoms with E-state index in [1.807, 2.05) is 30.5 Å². The first kappa shape index (κ1) is 30.6. The van der Waals surface area contributed by atoms with Gasteiger partial charge < -0.3 is 30.6 Å². The Balaban J connectivity index is 1.37. The van der Waals surface area contributed by atoms with Crippen LogP contribution in [0.5, 0.6) is 0 Å². The quantitative estimate of drug-likeness (QED) is 0.185. The van der Waals surface area contributed by atoms with Crippen molar-refractivity contribution in [1.82, 2.24) is 19.9 Å². The molecule has 2 aromatic heterocycles. The second kappa shape index (κ2) is 12.8. The molecule has 0 aliphatic carbocycles. The molecule has 228 valence electrons. The standard InChI is InChI=1S/C32H34ClN7O4/c1-5-27(41)36-20-9-8-10-21(14-20)37-29(42)19-13-22(18-40(17-19)31(43)44-32(2,3)4)38-30-35-16-25(33)28(39-30)24-15-34-26-12-7-6-11-23(24)26/h5-12,14-16,19,22,34H,1,13,17-18H2,2-4H3,(H,36,41)(H,37,42)(H,35,38,39)/t19-,22?/m1/s1. The Kier molecular flexibility index (Phi) is 8.86. The van der Waals surface area contributed by atoms with E-state index >= 15 is 0 Å². The molecule has 0 saturated carbocycles. The molecule has 11 nitrogen and oxygen atoms in total. The lowest BCUT2D eigenvalue weighted by molar-refractivity contribution is -0.121. The zero-order valence-electron chi connectivity index (χ0n) is 24.7. The summed E-state index contributed by atoms with van der Waals surface area (Å²) in [4.78, 5) is 52.2. The average molecular weight is 616 g/mol. The van der Waals surface area contributed by atoms with Crippen LogP contribution in [0.2, 0.25) is 5.02 Å². The number of H-pyrrole nitrogens is 1. The predicted octanol–water partition coefficient (Wildman–Crippen LogP) is 6.08. The topological polar surface area (TPSA) is 141 Å². The number of carbonyl (C=O) groups is 3. The summed E-state index contributed by atoms with van der Waals surface area (Å²) in [5.74, 6) is -0.912. The van der Waals surface area contributed by atoms with Crippen LogP contribution in [0, 0.1) is 5.92 Å². The van der Waals surface area contributed by atoms with Crippen LogP contribution in [0.25, 0.3) is 22.2 Å². The number of carbonyl (C=O) groups excluding carboxylic acids is 3. The van der Waals surface area contributed by atoms with Crippen LogP contribution in [0.4, 0.5) is 22.1 Å². The van der Waals surface area contributed by atoms with Crippen LogP contribution in [0.3, 0.4) is 0 Å². The summed E-state index contributed by atoms with van der Waals surface area (Å²) in [6.07, 6.45) is 4.43. The number of halogens is 1. The number of aromatic nitrogens is 3. The number of benzene rings is 2. The van der Waals surface area contributed by atoms with Gasteiger partial charge in [-0.2, -0.15) is 0 Å². The smallest absolute Gasteiger partial charge is 0.410 e. The van der Waals surface area contributed by atoms with Crippen LogP contribution in [0.1, 0.15) is 27.2 Å². The van der Waals surface area contributed by atoms with Crippen molar-refractivity contribution >= 4 is 57.7 Å². The number of ether oxygens (including phenoxy) is 1. The maximum Gasteiger partial charge on any atom is 0.410 e. The molecular weight excluding hydrogens is 582 g/mol. The van der Waals surface area contributed by atoms with E-state index in [0.717, 1.165) is 16.5 Å². The molecule has 44 heavy (non-hydrogen) atoms. The van der Waals surface area contributed by atoms with Gasteiger partial charge in [0.1, 0.15) is 5.60 Å². The lowest BCUT2D eigenvalue weighted by Gasteiger charge is -2.38. The summed E-state index contributed by atoms with van der Waals surface area (Å²) in [6, 6.07) is 14.3. The number of para-hydroxylation sites is 1. The molecule has 1 fully saturated rings. The van der Waals surface area contributed by atoms with Crippen LogP contribution >= 0.6 is 11.6 Å². The van der Waals surface area contributed by atoms with Gasteiger partial charge in [-0.15, -0.1) is 0 Å². The zero-order valence-corrected chi connectivity index (χ0v) is 25.4. The molecule has 12 heteroatoms.